The Labute approximate surface area is 97.4 Å². The number of thioether (sulfide) groups is 1. The number of hydrogen-bond donors (Lipinski definition) is 2. The van der Waals surface area contributed by atoms with E-state index < -0.39 is 5.97 Å². The van der Waals surface area contributed by atoms with Gasteiger partial charge >= 0.3 is 5.97 Å². The third kappa shape index (κ3) is 3.67. The van der Waals surface area contributed by atoms with Gasteiger partial charge in [-0.3, -0.25) is 4.79 Å². The van der Waals surface area contributed by atoms with Gasteiger partial charge in [0.1, 0.15) is 5.40 Å². The lowest BCUT2D eigenvalue weighted by atomic mass is 10.1. The minimum Gasteiger partial charge on any atom is -0.481 e. The zero-order valence-corrected chi connectivity index (χ0v) is 9.20. The number of carbonyl (C=O) groups is 1. The number of rotatable bonds is 4. The molecule has 0 bridgehead atoms. The fourth-order valence-corrected chi connectivity index (χ4v) is 1.53. The van der Waals surface area contributed by atoms with Crippen molar-refractivity contribution < 1.29 is 9.90 Å². The quantitative estimate of drug-likeness (QED) is 0.474. The fraction of sp³-hybridized carbons (Fsp3) is 0.0909. The smallest absolute Gasteiger partial charge is 0.307 e. The third-order valence-electron chi connectivity index (χ3n) is 1.81. The van der Waals surface area contributed by atoms with Crippen LogP contribution >= 0.6 is 11.8 Å². The van der Waals surface area contributed by atoms with Gasteiger partial charge in [0.15, 0.2) is 0 Å². The Bertz CT molecular complexity index is 464. The number of carboxylic acids is 1. The van der Waals surface area contributed by atoms with Crippen LogP contribution in [0, 0.1) is 10.7 Å². The van der Waals surface area contributed by atoms with Crippen molar-refractivity contribution in [3.8, 4) is 5.40 Å². The Morgan fingerprint density at radius 2 is 2.38 bits per heavy atom. The second kappa shape index (κ2) is 5.83. The topological polar surface area (TPSA) is 87.1 Å². The molecule has 0 aromatic heterocycles. The predicted octanol–water partition coefficient (Wildman–Crippen LogP) is 2.33. The molecule has 82 valence electrons. The number of nitriles is 1. The van der Waals surface area contributed by atoms with Crippen molar-refractivity contribution in [2.24, 2.45) is 0 Å². The molecule has 0 radical (unpaired) electrons. The second-order valence-electron chi connectivity index (χ2n) is 2.98. The molecule has 0 aliphatic carbocycles. The summed E-state index contributed by atoms with van der Waals surface area (Å²) in [7, 11) is 0. The first-order valence-electron chi connectivity index (χ1n) is 4.47. The van der Waals surface area contributed by atoms with E-state index in [1.165, 1.54) is 6.08 Å². The molecule has 1 aromatic carbocycles. The standard InChI is InChI=1S/C11H10N2O2S/c12-7-16-9-4-5-10(13)8(6-9)2-1-3-11(14)15/h1-2,4-6H,3,13H2,(H,14,15). The van der Waals surface area contributed by atoms with E-state index in [1.54, 1.807) is 24.3 Å². The van der Waals surface area contributed by atoms with Crippen molar-refractivity contribution in [3.63, 3.8) is 0 Å². The molecule has 1 rings (SSSR count). The first kappa shape index (κ1) is 12.1. The van der Waals surface area contributed by atoms with Crippen LogP contribution < -0.4 is 5.73 Å². The third-order valence-corrected chi connectivity index (χ3v) is 2.39. The van der Waals surface area contributed by atoms with E-state index in [0.29, 0.717) is 5.69 Å². The highest BCUT2D eigenvalue weighted by molar-refractivity contribution is 8.03. The summed E-state index contributed by atoms with van der Waals surface area (Å²) < 4.78 is 0. The van der Waals surface area contributed by atoms with Gasteiger partial charge in [-0.15, -0.1) is 0 Å². The average Bonchev–Trinajstić information content (AvgIpc) is 2.22. The van der Waals surface area contributed by atoms with E-state index in [2.05, 4.69) is 0 Å². The van der Waals surface area contributed by atoms with Crippen molar-refractivity contribution in [3.05, 3.63) is 29.8 Å². The predicted molar refractivity (Wildman–Crippen MR) is 63.6 cm³/mol. The molecule has 0 heterocycles. The Morgan fingerprint density at radius 1 is 1.62 bits per heavy atom. The highest BCUT2D eigenvalue weighted by Crippen LogP contribution is 2.23. The lowest BCUT2D eigenvalue weighted by Crippen LogP contribution is -1.91. The molecule has 0 spiro atoms. The first-order chi connectivity index (χ1) is 7.63. The van der Waals surface area contributed by atoms with Crippen molar-refractivity contribution in [2.45, 2.75) is 11.3 Å². The summed E-state index contributed by atoms with van der Waals surface area (Å²) in [5.74, 6) is -0.891. The molecular formula is C11H10N2O2S. The molecule has 0 saturated heterocycles. The van der Waals surface area contributed by atoms with Gasteiger partial charge in [0.25, 0.3) is 0 Å². The highest BCUT2D eigenvalue weighted by Gasteiger charge is 1.99. The number of carboxylic acid groups (broad SMARTS) is 1. The van der Waals surface area contributed by atoms with E-state index in [9.17, 15) is 4.79 Å². The molecule has 4 nitrogen and oxygen atoms in total. The van der Waals surface area contributed by atoms with Crippen LogP contribution in [0.1, 0.15) is 12.0 Å². The summed E-state index contributed by atoms with van der Waals surface area (Å²) >= 11 is 1.04. The summed E-state index contributed by atoms with van der Waals surface area (Å²) in [5.41, 5.74) is 6.99. The van der Waals surface area contributed by atoms with Gasteiger partial charge in [-0.2, -0.15) is 5.26 Å². The summed E-state index contributed by atoms with van der Waals surface area (Å²) in [4.78, 5) is 11.1. The maximum absolute atomic E-state index is 10.3. The molecular weight excluding hydrogens is 224 g/mol. The number of thiocyanates is 1. The molecule has 0 saturated carbocycles. The van der Waals surface area contributed by atoms with Crippen molar-refractivity contribution in [1.82, 2.24) is 0 Å². The number of hydrogen-bond acceptors (Lipinski definition) is 4. The number of aliphatic carboxylic acids is 1. The largest absolute Gasteiger partial charge is 0.481 e. The summed E-state index contributed by atoms with van der Waals surface area (Å²) in [5, 5.41) is 18.9. The minimum atomic E-state index is -0.891. The molecule has 0 aliphatic heterocycles. The molecule has 0 atom stereocenters. The van der Waals surface area contributed by atoms with E-state index in [0.717, 1.165) is 22.2 Å². The number of nitrogens with two attached hydrogens (primary N) is 1. The average molecular weight is 234 g/mol. The van der Waals surface area contributed by atoms with Crippen LogP contribution in [0.15, 0.2) is 29.2 Å². The first-order valence-corrected chi connectivity index (χ1v) is 5.29. The molecule has 16 heavy (non-hydrogen) atoms. The van der Waals surface area contributed by atoms with E-state index >= 15 is 0 Å². The van der Waals surface area contributed by atoms with Gasteiger partial charge in [-0.25, -0.2) is 0 Å². The van der Waals surface area contributed by atoms with Crippen LogP contribution in [-0.4, -0.2) is 11.1 Å². The van der Waals surface area contributed by atoms with Crippen molar-refractivity contribution >= 4 is 29.5 Å². The lowest BCUT2D eigenvalue weighted by Gasteiger charge is -2.01. The van der Waals surface area contributed by atoms with Crippen LogP contribution in [0.5, 0.6) is 0 Å². The van der Waals surface area contributed by atoms with Crippen LogP contribution in [-0.2, 0) is 4.79 Å². The Hall–Kier alpha value is -1.93. The van der Waals surface area contributed by atoms with Crippen molar-refractivity contribution in [1.29, 1.82) is 5.26 Å². The molecule has 0 amide bonds. The minimum absolute atomic E-state index is 0.0466. The van der Waals surface area contributed by atoms with E-state index in [1.807, 2.05) is 5.40 Å². The molecule has 0 aliphatic rings. The number of benzene rings is 1. The maximum atomic E-state index is 10.3. The highest BCUT2D eigenvalue weighted by atomic mass is 32.2. The van der Waals surface area contributed by atoms with Gasteiger partial charge in [-0.05, 0) is 35.5 Å². The van der Waals surface area contributed by atoms with E-state index in [4.69, 9.17) is 16.1 Å². The van der Waals surface area contributed by atoms with Crippen LogP contribution in [0.3, 0.4) is 0 Å². The van der Waals surface area contributed by atoms with E-state index in [-0.39, 0.29) is 6.42 Å². The molecule has 1 aromatic rings. The van der Waals surface area contributed by atoms with Crippen LogP contribution in [0.2, 0.25) is 0 Å². The lowest BCUT2D eigenvalue weighted by molar-refractivity contribution is -0.135. The molecule has 0 fully saturated rings. The number of nitrogens with zero attached hydrogens (tertiary/aromatic N) is 1. The summed E-state index contributed by atoms with van der Waals surface area (Å²) in [6, 6.07) is 5.19. The van der Waals surface area contributed by atoms with Gasteiger partial charge in [0.2, 0.25) is 0 Å². The zero-order valence-electron chi connectivity index (χ0n) is 8.38. The summed E-state index contributed by atoms with van der Waals surface area (Å²) in [6.07, 6.45) is 3.12. The van der Waals surface area contributed by atoms with Gasteiger partial charge in [-0.1, -0.05) is 12.2 Å². The van der Waals surface area contributed by atoms with Gasteiger partial charge in [0, 0.05) is 10.6 Å². The van der Waals surface area contributed by atoms with Gasteiger partial charge in [0.05, 0.1) is 6.42 Å². The number of nitrogen functional groups attached to an aromatic ring is 1. The van der Waals surface area contributed by atoms with Crippen LogP contribution in [0.4, 0.5) is 5.69 Å². The molecule has 0 unspecified atom stereocenters. The zero-order chi connectivity index (χ0) is 12.0. The van der Waals surface area contributed by atoms with Crippen molar-refractivity contribution in [2.75, 3.05) is 5.73 Å². The van der Waals surface area contributed by atoms with Crippen LogP contribution in [0.25, 0.3) is 6.08 Å². The second-order valence-corrected chi connectivity index (χ2v) is 3.84. The Balaban J connectivity index is 2.86. The fourth-order valence-electron chi connectivity index (χ4n) is 1.10. The summed E-state index contributed by atoms with van der Waals surface area (Å²) in [6.45, 7) is 0. The molecule has 5 heteroatoms. The normalized spacial score (nSPS) is 10.2. The SMILES string of the molecule is N#CSc1ccc(N)c(C=CCC(=O)O)c1. The van der Waals surface area contributed by atoms with Gasteiger partial charge < -0.3 is 10.8 Å². The monoisotopic (exact) mass is 234 g/mol. The molecule has 3 N–H and O–H groups in total. The Kier molecular flexibility index (Phi) is 4.42. The Morgan fingerprint density at radius 3 is 3.00 bits per heavy atom. The maximum Gasteiger partial charge on any atom is 0.307 e. The number of anilines is 1.